The molecule has 1 rings (SSSR count). The maximum Gasteiger partial charge on any atom is 0.0994 e. The number of nitriles is 1. The van der Waals surface area contributed by atoms with E-state index in [1.54, 1.807) is 0 Å². The molecule has 2 nitrogen and oxygen atoms in total. The van der Waals surface area contributed by atoms with E-state index in [1.165, 1.54) is 0 Å². The van der Waals surface area contributed by atoms with Gasteiger partial charge in [0, 0.05) is 0 Å². The first-order chi connectivity index (χ1) is 6.77. The average molecular weight is 186 g/mol. The van der Waals surface area contributed by atoms with E-state index >= 15 is 0 Å². The number of benzene rings is 1. The second-order valence-electron chi connectivity index (χ2n) is 3.17. The third-order valence-corrected chi connectivity index (χ3v) is 2.01. The predicted octanol–water partition coefficient (Wildman–Crippen LogP) is 2.23. The smallest absolute Gasteiger partial charge is 0.0994 e. The molecule has 2 N–H and O–H groups in total. The molecule has 0 aromatic heterocycles. The van der Waals surface area contributed by atoms with Crippen LogP contribution >= 0.6 is 0 Å². The van der Waals surface area contributed by atoms with Crippen LogP contribution in [0.5, 0.6) is 0 Å². The van der Waals surface area contributed by atoms with Gasteiger partial charge in [0.15, 0.2) is 0 Å². The maximum absolute atomic E-state index is 8.74. The molecule has 0 aliphatic carbocycles. The Morgan fingerprint density at radius 1 is 1.50 bits per heavy atom. The highest BCUT2D eigenvalue weighted by molar-refractivity contribution is 5.53. The van der Waals surface area contributed by atoms with Gasteiger partial charge >= 0.3 is 0 Å². The van der Waals surface area contributed by atoms with Gasteiger partial charge in [0.05, 0.1) is 11.6 Å². The van der Waals surface area contributed by atoms with Crippen molar-refractivity contribution in [1.29, 1.82) is 5.26 Å². The number of nitrogens with zero attached hydrogens (tertiary/aromatic N) is 1. The first-order valence-corrected chi connectivity index (χ1v) is 4.65. The van der Waals surface area contributed by atoms with Crippen LogP contribution in [-0.2, 0) is 0 Å². The highest BCUT2D eigenvalue weighted by Crippen LogP contribution is 2.11. The minimum atomic E-state index is 0.672. The van der Waals surface area contributed by atoms with Crippen molar-refractivity contribution in [2.75, 3.05) is 6.54 Å². The van der Waals surface area contributed by atoms with E-state index in [0.29, 0.717) is 6.54 Å². The molecule has 2 heteroatoms. The van der Waals surface area contributed by atoms with E-state index in [0.717, 1.165) is 23.1 Å². The molecule has 0 radical (unpaired) electrons. The van der Waals surface area contributed by atoms with E-state index in [4.69, 9.17) is 11.0 Å². The third kappa shape index (κ3) is 2.72. The van der Waals surface area contributed by atoms with Gasteiger partial charge in [0.2, 0.25) is 0 Å². The fourth-order valence-corrected chi connectivity index (χ4v) is 1.23. The van der Waals surface area contributed by atoms with E-state index in [2.05, 4.69) is 6.07 Å². The molecular weight excluding hydrogens is 172 g/mol. The van der Waals surface area contributed by atoms with E-state index in [-0.39, 0.29) is 0 Å². The number of nitrogens with two attached hydrogens (primary N) is 1. The molecule has 0 heterocycles. The lowest BCUT2D eigenvalue weighted by molar-refractivity contribution is 1.01. The summed E-state index contributed by atoms with van der Waals surface area (Å²) in [6, 6.07) is 7.94. The molecule has 0 saturated carbocycles. The summed E-state index contributed by atoms with van der Waals surface area (Å²) in [5.41, 5.74) is 8.25. The topological polar surface area (TPSA) is 49.8 Å². The van der Waals surface area contributed by atoms with Crippen LogP contribution in [0, 0.1) is 18.3 Å². The molecule has 72 valence electrons. The van der Waals surface area contributed by atoms with E-state index in [9.17, 15) is 0 Å². The van der Waals surface area contributed by atoms with Crippen molar-refractivity contribution < 1.29 is 0 Å². The van der Waals surface area contributed by atoms with Crippen molar-refractivity contribution in [3.63, 3.8) is 0 Å². The zero-order valence-electron chi connectivity index (χ0n) is 8.33. The Balaban J connectivity index is 2.82. The van der Waals surface area contributed by atoms with Crippen LogP contribution in [0.1, 0.15) is 23.1 Å². The highest BCUT2D eigenvalue weighted by atomic mass is 14.5. The van der Waals surface area contributed by atoms with Crippen LogP contribution in [0.2, 0.25) is 0 Å². The molecule has 0 aliphatic rings. The summed E-state index contributed by atoms with van der Waals surface area (Å²) in [6.07, 6.45) is 4.96. The molecule has 0 fully saturated rings. The fraction of sp³-hybridized carbons (Fsp3) is 0.250. The first kappa shape index (κ1) is 10.5. The zero-order chi connectivity index (χ0) is 10.4. The largest absolute Gasteiger partial charge is 0.330 e. The van der Waals surface area contributed by atoms with Crippen molar-refractivity contribution in [3.05, 3.63) is 41.0 Å². The predicted molar refractivity (Wildman–Crippen MR) is 58.6 cm³/mol. The van der Waals surface area contributed by atoms with Gasteiger partial charge in [-0.05, 0) is 37.1 Å². The summed E-state index contributed by atoms with van der Waals surface area (Å²) in [7, 11) is 0. The standard InChI is InChI=1S/C12H14N2/c1-10-8-11(4-2-3-7-13)5-6-12(10)9-14/h2,4-6,8H,3,7,13H2,1H3. The van der Waals surface area contributed by atoms with Crippen LogP contribution in [0.4, 0.5) is 0 Å². The van der Waals surface area contributed by atoms with Gasteiger partial charge < -0.3 is 5.73 Å². The van der Waals surface area contributed by atoms with Crippen LogP contribution in [0.15, 0.2) is 24.3 Å². The number of hydrogen-bond acceptors (Lipinski definition) is 2. The fourth-order valence-electron chi connectivity index (χ4n) is 1.23. The average Bonchev–Trinajstić information content (AvgIpc) is 2.18. The summed E-state index contributed by atoms with van der Waals surface area (Å²) in [5.74, 6) is 0. The summed E-state index contributed by atoms with van der Waals surface area (Å²) >= 11 is 0. The Bertz CT molecular complexity index is 372. The van der Waals surface area contributed by atoms with Crippen molar-refractivity contribution in [2.45, 2.75) is 13.3 Å². The minimum absolute atomic E-state index is 0.672. The number of rotatable bonds is 3. The summed E-state index contributed by atoms with van der Waals surface area (Å²) < 4.78 is 0. The second-order valence-corrected chi connectivity index (χ2v) is 3.17. The lowest BCUT2D eigenvalue weighted by Crippen LogP contribution is -1.94. The molecule has 0 unspecified atom stereocenters. The highest BCUT2D eigenvalue weighted by Gasteiger charge is 1.95. The van der Waals surface area contributed by atoms with Gasteiger partial charge in [0.1, 0.15) is 0 Å². The first-order valence-electron chi connectivity index (χ1n) is 4.65. The van der Waals surface area contributed by atoms with Gasteiger partial charge in [-0.15, -0.1) is 0 Å². The molecule has 0 aliphatic heterocycles. The van der Waals surface area contributed by atoms with Crippen LogP contribution in [0.25, 0.3) is 6.08 Å². The van der Waals surface area contributed by atoms with Crippen LogP contribution < -0.4 is 5.73 Å². The van der Waals surface area contributed by atoms with Crippen molar-refractivity contribution in [3.8, 4) is 6.07 Å². The van der Waals surface area contributed by atoms with Crippen LogP contribution in [0.3, 0.4) is 0 Å². The summed E-state index contributed by atoms with van der Waals surface area (Å²) in [6.45, 7) is 2.62. The zero-order valence-corrected chi connectivity index (χ0v) is 8.33. The van der Waals surface area contributed by atoms with Gasteiger partial charge in [0.25, 0.3) is 0 Å². The van der Waals surface area contributed by atoms with E-state index in [1.807, 2.05) is 37.3 Å². The van der Waals surface area contributed by atoms with Crippen molar-refractivity contribution in [2.24, 2.45) is 5.73 Å². The Morgan fingerprint density at radius 3 is 2.86 bits per heavy atom. The molecular formula is C12H14N2. The summed E-state index contributed by atoms with van der Waals surface area (Å²) in [4.78, 5) is 0. The second kappa shape index (κ2) is 5.21. The normalized spacial score (nSPS) is 10.4. The Kier molecular flexibility index (Phi) is 3.90. The molecule has 1 aromatic carbocycles. The SMILES string of the molecule is Cc1cc(C=CCCN)ccc1C#N. The van der Waals surface area contributed by atoms with Gasteiger partial charge in [-0.2, -0.15) is 5.26 Å². The minimum Gasteiger partial charge on any atom is -0.330 e. The molecule has 0 spiro atoms. The van der Waals surface area contributed by atoms with Gasteiger partial charge in [-0.3, -0.25) is 0 Å². The molecule has 0 amide bonds. The van der Waals surface area contributed by atoms with Crippen molar-refractivity contribution >= 4 is 6.08 Å². The molecule has 14 heavy (non-hydrogen) atoms. The lowest BCUT2D eigenvalue weighted by Gasteiger charge is -1.98. The monoisotopic (exact) mass is 186 g/mol. The summed E-state index contributed by atoms with van der Waals surface area (Å²) in [5, 5.41) is 8.74. The van der Waals surface area contributed by atoms with Gasteiger partial charge in [-0.1, -0.05) is 24.3 Å². The van der Waals surface area contributed by atoms with Crippen LogP contribution in [-0.4, -0.2) is 6.54 Å². The molecule has 0 atom stereocenters. The maximum atomic E-state index is 8.74. The Morgan fingerprint density at radius 2 is 2.29 bits per heavy atom. The van der Waals surface area contributed by atoms with E-state index < -0.39 is 0 Å². The van der Waals surface area contributed by atoms with Crippen molar-refractivity contribution in [1.82, 2.24) is 0 Å². The molecule has 0 saturated heterocycles. The molecule has 1 aromatic rings. The Hall–Kier alpha value is -1.59. The third-order valence-electron chi connectivity index (χ3n) is 2.01. The number of hydrogen-bond donors (Lipinski definition) is 1. The Labute approximate surface area is 84.7 Å². The van der Waals surface area contributed by atoms with Gasteiger partial charge in [-0.25, -0.2) is 0 Å². The number of aryl methyl sites for hydroxylation is 1. The lowest BCUT2D eigenvalue weighted by atomic mass is 10.1. The molecule has 0 bridgehead atoms. The quantitative estimate of drug-likeness (QED) is 0.787.